The maximum atomic E-state index is 10.8. The summed E-state index contributed by atoms with van der Waals surface area (Å²) in [7, 11) is 0. The highest BCUT2D eigenvalue weighted by Crippen LogP contribution is 2.36. The first-order valence-electron chi connectivity index (χ1n) is 9.90. The van der Waals surface area contributed by atoms with Gasteiger partial charge in [0.2, 0.25) is 0 Å². The number of ether oxygens (including phenoxy) is 2. The van der Waals surface area contributed by atoms with Gasteiger partial charge in [0.25, 0.3) is 5.69 Å². The number of nitro benzene ring substituents is 1. The number of rotatable bonds is 8. The van der Waals surface area contributed by atoms with Crippen molar-refractivity contribution >= 4 is 39.9 Å². The average molecular weight is 551 g/mol. The van der Waals surface area contributed by atoms with E-state index in [4.69, 9.17) is 14.7 Å². The molecule has 0 spiro atoms. The fourth-order valence-corrected chi connectivity index (χ4v) is 3.80. The summed E-state index contributed by atoms with van der Waals surface area (Å²) in [5.74, 6) is 1.10. The third kappa shape index (κ3) is 6.09. The lowest BCUT2D eigenvalue weighted by atomic mass is 10.0. The Labute approximate surface area is 204 Å². The molecule has 0 N–H and O–H groups in total. The number of benzene rings is 3. The van der Waals surface area contributed by atoms with Crippen molar-refractivity contribution in [3.8, 4) is 23.6 Å². The van der Waals surface area contributed by atoms with Crippen LogP contribution in [0.1, 0.15) is 29.2 Å². The number of hydrogen-bond donors (Lipinski definition) is 0. The van der Waals surface area contributed by atoms with Crippen LogP contribution in [0.4, 0.5) is 5.69 Å². The van der Waals surface area contributed by atoms with Gasteiger partial charge in [-0.3, -0.25) is 10.1 Å². The van der Waals surface area contributed by atoms with Crippen molar-refractivity contribution in [3.63, 3.8) is 0 Å². The Morgan fingerprint density at radius 3 is 2.36 bits per heavy atom. The molecule has 3 aromatic rings. The minimum atomic E-state index is -0.444. The predicted octanol–water partition coefficient (Wildman–Crippen LogP) is 6.11. The molecule has 0 heterocycles. The van der Waals surface area contributed by atoms with Crippen molar-refractivity contribution in [2.45, 2.75) is 13.5 Å². The lowest BCUT2D eigenvalue weighted by Gasteiger charge is -2.15. The molecule has 0 unspecified atom stereocenters. The van der Waals surface area contributed by atoms with E-state index < -0.39 is 4.92 Å². The normalized spacial score (nSPS) is 10.7. The number of nitro groups is 1. The van der Waals surface area contributed by atoms with Crippen LogP contribution in [-0.4, -0.2) is 11.5 Å². The fraction of sp³-hybridized carbons (Fsp3) is 0.120. The fourth-order valence-electron chi connectivity index (χ4n) is 3.01. The van der Waals surface area contributed by atoms with Gasteiger partial charge in [-0.1, -0.05) is 12.1 Å². The molecule has 8 heteroatoms. The molecule has 0 saturated heterocycles. The molecule has 33 heavy (non-hydrogen) atoms. The van der Waals surface area contributed by atoms with Gasteiger partial charge < -0.3 is 9.47 Å². The second kappa shape index (κ2) is 11.1. The first-order valence-corrected chi connectivity index (χ1v) is 11.0. The van der Waals surface area contributed by atoms with Crippen LogP contribution in [-0.2, 0) is 6.61 Å². The highest BCUT2D eigenvalue weighted by atomic mass is 127. The van der Waals surface area contributed by atoms with Crippen LogP contribution in [0.3, 0.4) is 0 Å². The first-order chi connectivity index (χ1) is 15.9. The highest BCUT2D eigenvalue weighted by molar-refractivity contribution is 14.1. The standard InChI is InChI=1S/C25H18IN3O4/c1-2-32-24-13-19(11-21(15-28)20-7-3-17(14-27)4-8-20)12-23(26)25(24)33-16-18-5-9-22(10-6-18)29(30)31/h3-13H,2,16H2,1H3/b21-11-. The van der Waals surface area contributed by atoms with Crippen molar-refractivity contribution in [1.29, 1.82) is 10.5 Å². The summed E-state index contributed by atoms with van der Waals surface area (Å²) in [6.07, 6.45) is 1.76. The smallest absolute Gasteiger partial charge is 0.269 e. The zero-order valence-electron chi connectivity index (χ0n) is 17.6. The lowest BCUT2D eigenvalue weighted by molar-refractivity contribution is -0.384. The number of hydrogen-bond acceptors (Lipinski definition) is 6. The van der Waals surface area contributed by atoms with E-state index in [-0.39, 0.29) is 12.3 Å². The Hall–Kier alpha value is -3.89. The molecule has 0 saturated carbocycles. The van der Waals surface area contributed by atoms with E-state index in [2.05, 4.69) is 34.7 Å². The third-order valence-corrected chi connectivity index (χ3v) is 5.42. The van der Waals surface area contributed by atoms with Crippen LogP contribution in [0.2, 0.25) is 0 Å². The minimum Gasteiger partial charge on any atom is -0.490 e. The maximum Gasteiger partial charge on any atom is 0.269 e. The third-order valence-electron chi connectivity index (χ3n) is 4.62. The number of allylic oxidation sites excluding steroid dienone is 1. The Morgan fingerprint density at radius 1 is 1.09 bits per heavy atom. The molecular weight excluding hydrogens is 533 g/mol. The van der Waals surface area contributed by atoms with Crippen molar-refractivity contribution in [2.24, 2.45) is 0 Å². The first kappa shape index (κ1) is 23.8. The molecule has 0 bridgehead atoms. The van der Waals surface area contributed by atoms with Crippen LogP contribution >= 0.6 is 22.6 Å². The minimum absolute atomic E-state index is 0.0232. The zero-order valence-corrected chi connectivity index (χ0v) is 19.8. The predicted molar refractivity (Wildman–Crippen MR) is 132 cm³/mol. The largest absolute Gasteiger partial charge is 0.490 e. The van der Waals surface area contributed by atoms with Gasteiger partial charge >= 0.3 is 0 Å². The average Bonchev–Trinajstić information content (AvgIpc) is 2.82. The van der Waals surface area contributed by atoms with E-state index in [9.17, 15) is 15.4 Å². The Balaban J connectivity index is 1.88. The van der Waals surface area contributed by atoms with E-state index in [1.807, 2.05) is 13.0 Å². The second-order valence-electron chi connectivity index (χ2n) is 6.83. The number of halogens is 1. The van der Waals surface area contributed by atoms with E-state index in [1.165, 1.54) is 12.1 Å². The van der Waals surface area contributed by atoms with Gasteiger partial charge in [0.05, 0.1) is 38.4 Å². The van der Waals surface area contributed by atoms with Gasteiger partial charge in [-0.2, -0.15) is 10.5 Å². The second-order valence-corrected chi connectivity index (χ2v) is 8.00. The van der Waals surface area contributed by atoms with E-state index in [1.54, 1.807) is 48.5 Å². The summed E-state index contributed by atoms with van der Waals surface area (Å²) in [6, 6.07) is 21.0. The van der Waals surface area contributed by atoms with Crippen LogP contribution in [0.15, 0.2) is 60.7 Å². The van der Waals surface area contributed by atoms with Gasteiger partial charge in [-0.05, 0) is 88.7 Å². The molecule has 164 valence electrons. The van der Waals surface area contributed by atoms with Crippen LogP contribution in [0, 0.1) is 36.3 Å². The summed E-state index contributed by atoms with van der Waals surface area (Å²) in [5, 5.41) is 29.4. The number of non-ortho nitro benzene ring substituents is 1. The highest BCUT2D eigenvalue weighted by Gasteiger charge is 2.13. The Kier molecular flexibility index (Phi) is 8.01. The molecule has 7 nitrogen and oxygen atoms in total. The SMILES string of the molecule is CCOc1cc(/C=C(/C#N)c2ccc(C#N)cc2)cc(I)c1OCc1ccc([N+](=O)[O-])cc1. The van der Waals surface area contributed by atoms with E-state index in [0.29, 0.717) is 34.8 Å². The summed E-state index contributed by atoms with van der Waals surface area (Å²) < 4.78 is 12.6. The number of nitrogens with zero attached hydrogens (tertiary/aromatic N) is 3. The van der Waals surface area contributed by atoms with Gasteiger partial charge in [0, 0.05) is 12.1 Å². The van der Waals surface area contributed by atoms with Crippen molar-refractivity contribution < 1.29 is 14.4 Å². The quantitative estimate of drug-likeness (QED) is 0.110. The molecule has 0 atom stereocenters. The summed E-state index contributed by atoms with van der Waals surface area (Å²) in [6.45, 7) is 2.52. The van der Waals surface area contributed by atoms with Crippen LogP contribution in [0.5, 0.6) is 11.5 Å². The summed E-state index contributed by atoms with van der Waals surface area (Å²) >= 11 is 2.15. The lowest BCUT2D eigenvalue weighted by Crippen LogP contribution is -2.02. The molecular formula is C25H18IN3O4. The molecule has 0 aliphatic heterocycles. The maximum absolute atomic E-state index is 10.8. The monoisotopic (exact) mass is 551 g/mol. The molecule has 0 aliphatic rings. The molecule has 0 radical (unpaired) electrons. The van der Waals surface area contributed by atoms with E-state index in [0.717, 1.165) is 14.7 Å². The van der Waals surface area contributed by atoms with Crippen molar-refractivity contribution in [3.05, 3.63) is 96.6 Å². The van der Waals surface area contributed by atoms with E-state index >= 15 is 0 Å². The van der Waals surface area contributed by atoms with Gasteiger partial charge in [-0.25, -0.2) is 0 Å². The molecule has 0 fully saturated rings. The molecule has 0 amide bonds. The summed E-state index contributed by atoms with van der Waals surface area (Å²) in [4.78, 5) is 10.4. The van der Waals surface area contributed by atoms with Gasteiger partial charge in [0.15, 0.2) is 11.5 Å². The van der Waals surface area contributed by atoms with Crippen LogP contribution in [0.25, 0.3) is 11.6 Å². The zero-order chi connectivity index (χ0) is 23.8. The molecule has 3 aromatic carbocycles. The van der Waals surface area contributed by atoms with Gasteiger partial charge in [0.1, 0.15) is 6.61 Å². The molecule has 0 aromatic heterocycles. The Bertz CT molecular complexity index is 1270. The number of nitriles is 2. The van der Waals surface area contributed by atoms with Crippen molar-refractivity contribution in [2.75, 3.05) is 6.61 Å². The van der Waals surface area contributed by atoms with Crippen molar-refractivity contribution in [1.82, 2.24) is 0 Å². The van der Waals surface area contributed by atoms with Crippen LogP contribution < -0.4 is 9.47 Å². The Morgan fingerprint density at radius 2 is 1.79 bits per heavy atom. The topological polar surface area (TPSA) is 109 Å². The summed E-state index contributed by atoms with van der Waals surface area (Å²) in [5.41, 5.74) is 3.27. The molecule has 0 aliphatic carbocycles. The molecule has 3 rings (SSSR count). The van der Waals surface area contributed by atoms with Gasteiger partial charge in [-0.15, -0.1) is 0 Å².